The van der Waals surface area contributed by atoms with Gasteiger partial charge in [-0.15, -0.1) is 0 Å². The van der Waals surface area contributed by atoms with Crippen LogP contribution in [0.1, 0.15) is 38.7 Å². The lowest BCUT2D eigenvalue weighted by atomic mass is 9.98. The average Bonchev–Trinajstić information content (AvgIpc) is 2.35. The molecule has 0 aromatic heterocycles. The minimum atomic E-state index is 0.468. The maximum Gasteiger partial charge on any atom is 0.0408 e. The van der Waals surface area contributed by atoms with Crippen LogP contribution >= 0.6 is 11.6 Å². The van der Waals surface area contributed by atoms with Crippen LogP contribution in [0.4, 0.5) is 0 Å². The molecule has 1 aromatic carbocycles. The third-order valence-corrected chi connectivity index (χ3v) is 3.32. The zero-order valence-corrected chi connectivity index (χ0v) is 12.3. The van der Waals surface area contributed by atoms with E-state index in [1.807, 2.05) is 12.1 Å². The van der Waals surface area contributed by atoms with Crippen molar-refractivity contribution in [3.05, 3.63) is 47.0 Å². The van der Waals surface area contributed by atoms with Crippen LogP contribution in [-0.4, -0.2) is 12.6 Å². The summed E-state index contributed by atoms with van der Waals surface area (Å²) in [6, 6.07) is 8.60. The molecule has 1 atom stereocenters. The van der Waals surface area contributed by atoms with Gasteiger partial charge in [0.25, 0.3) is 0 Å². The van der Waals surface area contributed by atoms with Gasteiger partial charge >= 0.3 is 0 Å². The molecule has 0 saturated carbocycles. The van der Waals surface area contributed by atoms with E-state index in [0.29, 0.717) is 6.04 Å². The summed E-state index contributed by atoms with van der Waals surface area (Å²) in [7, 11) is 0. The molecule has 0 spiro atoms. The predicted molar refractivity (Wildman–Crippen MR) is 81.3 cm³/mol. The molecule has 0 fully saturated rings. The first-order valence-electron chi connectivity index (χ1n) is 6.80. The number of hydrogen-bond donors (Lipinski definition) is 1. The van der Waals surface area contributed by atoms with Crippen LogP contribution < -0.4 is 5.32 Å². The minimum absolute atomic E-state index is 0.468. The van der Waals surface area contributed by atoms with E-state index in [-0.39, 0.29) is 0 Å². The average molecular weight is 266 g/mol. The molecule has 0 bridgehead atoms. The lowest BCUT2D eigenvalue weighted by Crippen LogP contribution is -2.32. The summed E-state index contributed by atoms with van der Waals surface area (Å²) < 4.78 is 0. The highest BCUT2D eigenvalue weighted by Gasteiger charge is 2.10. The van der Waals surface area contributed by atoms with E-state index < -0.39 is 0 Å². The third-order valence-electron chi connectivity index (χ3n) is 3.09. The SMILES string of the molecule is C=C(CC)CC(Cc1cccc(Cl)c1)NCCC. The van der Waals surface area contributed by atoms with E-state index in [2.05, 4.69) is 37.9 Å². The number of nitrogens with one attached hydrogen (secondary N) is 1. The fourth-order valence-electron chi connectivity index (χ4n) is 2.01. The Morgan fingerprint density at radius 1 is 1.39 bits per heavy atom. The summed E-state index contributed by atoms with van der Waals surface area (Å²) in [5.41, 5.74) is 2.60. The van der Waals surface area contributed by atoms with Crippen molar-refractivity contribution in [3.63, 3.8) is 0 Å². The first-order valence-corrected chi connectivity index (χ1v) is 7.18. The molecule has 100 valence electrons. The van der Waals surface area contributed by atoms with E-state index >= 15 is 0 Å². The fraction of sp³-hybridized carbons (Fsp3) is 0.500. The molecule has 0 saturated heterocycles. The maximum atomic E-state index is 6.03. The Morgan fingerprint density at radius 2 is 2.17 bits per heavy atom. The Kier molecular flexibility index (Phi) is 7.07. The summed E-state index contributed by atoms with van der Waals surface area (Å²) in [6.07, 6.45) is 4.27. The first kappa shape index (κ1) is 15.3. The topological polar surface area (TPSA) is 12.0 Å². The van der Waals surface area contributed by atoms with Gasteiger partial charge in [0.15, 0.2) is 0 Å². The van der Waals surface area contributed by atoms with Gasteiger partial charge in [0, 0.05) is 11.1 Å². The minimum Gasteiger partial charge on any atom is -0.313 e. The van der Waals surface area contributed by atoms with E-state index in [9.17, 15) is 0 Å². The first-order chi connectivity index (χ1) is 8.65. The summed E-state index contributed by atoms with van der Waals surface area (Å²) in [4.78, 5) is 0. The van der Waals surface area contributed by atoms with Gasteiger partial charge in [0.1, 0.15) is 0 Å². The van der Waals surface area contributed by atoms with E-state index in [4.69, 9.17) is 11.6 Å². The molecule has 0 aliphatic heterocycles. The molecule has 1 rings (SSSR count). The van der Waals surface area contributed by atoms with Crippen molar-refractivity contribution < 1.29 is 0 Å². The Hall–Kier alpha value is -0.790. The van der Waals surface area contributed by atoms with Gasteiger partial charge in [0.2, 0.25) is 0 Å². The van der Waals surface area contributed by atoms with Crippen LogP contribution in [0, 0.1) is 0 Å². The van der Waals surface area contributed by atoms with Gasteiger partial charge in [0.05, 0.1) is 0 Å². The zero-order chi connectivity index (χ0) is 13.4. The van der Waals surface area contributed by atoms with Crippen molar-refractivity contribution >= 4 is 11.6 Å². The molecule has 0 heterocycles. The van der Waals surface area contributed by atoms with Gasteiger partial charge in [-0.3, -0.25) is 0 Å². The van der Waals surface area contributed by atoms with Gasteiger partial charge in [-0.25, -0.2) is 0 Å². The van der Waals surface area contributed by atoms with Crippen LogP contribution in [-0.2, 0) is 6.42 Å². The Balaban J connectivity index is 2.62. The van der Waals surface area contributed by atoms with Crippen LogP contribution in [0.15, 0.2) is 36.4 Å². The molecule has 0 amide bonds. The van der Waals surface area contributed by atoms with Crippen molar-refractivity contribution in [2.75, 3.05) is 6.54 Å². The Morgan fingerprint density at radius 3 is 2.78 bits per heavy atom. The van der Waals surface area contributed by atoms with Gasteiger partial charge < -0.3 is 5.32 Å². The summed E-state index contributed by atoms with van der Waals surface area (Å²) in [6.45, 7) is 9.53. The van der Waals surface area contributed by atoms with Crippen molar-refractivity contribution in [1.82, 2.24) is 5.32 Å². The van der Waals surface area contributed by atoms with Gasteiger partial charge in [-0.2, -0.15) is 0 Å². The van der Waals surface area contributed by atoms with E-state index in [0.717, 1.165) is 37.3 Å². The Bertz CT molecular complexity index is 373. The highest BCUT2D eigenvalue weighted by molar-refractivity contribution is 6.30. The highest BCUT2D eigenvalue weighted by atomic mass is 35.5. The largest absolute Gasteiger partial charge is 0.313 e. The molecule has 0 aliphatic carbocycles. The van der Waals surface area contributed by atoms with Gasteiger partial charge in [-0.1, -0.05) is 49.7 Å². The van der Waals surface area contributed by atoms with E-state index in [1.54, 1.807) is 0 Å². The van der Waals surface area contributed by atoms with E-state index in [1.165, 1.54) is 11.1 Å². The fourth-order valence-corrected chi connectivity index (χ4v) is 2.22. The lowest BCUT2D eigenvalue weighted by molar-refractivity contribution is 0.500. The number of halogens is 1. The third kappa shape index (κ3) is 5.70. The molecule has 1 N–H and O–H groups in total. The van der Waals surface area contributed by atoms with Crippen molar-refractivity contribution in [2.24, 2.45) is 0 Å². The van der Waals surface area contributed by atoms with Crippen molar-refractivity contribution in [3.8, 4) is 0 Å². The smallest absolute Gasteiger partial charge is 0.0408 e. The molecule has 2 heteroatoms. The second kappa shape index (κ2) is 8.34. The predicted octanol–water partition coefficient (Wildman–Crippen LogP) is 4.61. The van der Waals surface area contributed by atoms with Crippen LogP contribution in [0.2, 0.25) is 5.02 Å². The van der Waals surface area contributed by atoms with Gasteiger partial charge in [-0.05, 0) is 49.9 Å². The monoisotopic (exact) mass is 265 g/mol. The van der Waals surface area contributed by atoms with Crippen molar-refractivity contribution in [1.29, 1.82) is 0 Å². The molecular formula is C16H24ClN. The lowest BCUT2D eigenvalue weighted by Gasteiger charge is -2.19. The molecule has 0 aliphatic rings. The standard InChI is InChI=1S/C16H24ClN/c1-4-9-18-16(10-13(3)5-2)12-14-7-6-8-15(17)11-14/h6-8,11,16,18H,3-5,9-10,12H2,1-2H3. The maximum absolute atomic E-state index is 6.03. The summed E-state index contributed by atoms with van der Waals surface area (Å²) >= 11 is 6.03. The van der Waals surface area contributed by atoms with Crippen LogP contribution in [0.5, 0.6) is 0 Å². The molecule has 1 nitrogen and oxygen atoms in total. The summed E-state index contributed by atoms with van der Waals surface area (Å²) in [5.74, 6) is 0. The number of hydrogen-bond acceptors (Lipinski definition) is 1. The number of rotatable bonds is 8. The summed E-state index contributed by atoms with van der Waals surface area (Å²) in [5, 5.41) is 4.41. The second-order valence-electron chi connectivity index (χ2n) is 4.79. The molecule has 18 heavy (non-hydrogen) atoms. The molecule has 1 unspecified atom stereocenters. The number of benzene rings is 1. The van der Waals surface area contributed by atoms with Crippen LogP contribution in [0.25, 0.3) is 0 Å². The Labute approximate surface area is 116 Å². The molecular weight excluding hydrogens is 242 g/mol. The second-order valence-corrected chi connectivity index (χ2v) is 5.23. The molecule has 1 aromatic rings. The quantitative estimate of drug-likeness (QED) is 0.677. The zero-order valence-electron chi connectivity index (χ0n) is 11.5. The van der Waals surface area contributed by atoms with Crippen molar-refractivity contribution in [2.45, 2.75) is 45.6 Å². The van der Waals surface area contributed by atoms with Crippen LogP contribution in [0.3, 0.4) is 0 Å². The molecule has 0 radical (unpaired) electrons. The highest BCUT2D eigenvalue weighted by Crippen LogP contribution is 2.16. The normalized spacial score (nSPS) is 12.4.